The number of pyridine rings is 1. The summed E-state index contributed by atoms with van der Waals surface area (Å²) in [5.74, 6) is -0.480. The van der Waals surface area contributed by atoms with Crippen molar-refractivity contribution in [3.05, 3.63) is 46.1 Å². The summed E-state index contributed by atoms with van der Waals surface area (Å²) in [6.45, 7) is 3.98. The van der Waals surface area contributed by atoms with Gasteiger partial charge < -0.3 is 10.2 Å². The molecule has 0 aliphatic rings. The lowest BCUT2D eigenvalue weighted by atomic mass is 10.3. The molecule has 2 aromatic heterocycles. The number of hydrogen-bond acceptors (Lipinski definition) is 5. The molecule has 5 nitrogen and oxygen atoms in total. The van der Waals surface area contributed by atoms with E-state index in [1.807, 2.05) is 26.0 Å². The van der Waals surface area contributed by atoms with Crippen molar-refractivity contribution in [3.8, 4) is 0 Å². The van der Waals surface area contributed by atoms with Crippen molar-refractivity contribution in [2.45, 2.75) is 23.8 Å². The molecule has 0 radical (unpaired) electrons. The number of H-pyrrole nitrogens is 1. The van der Waals surface area contributed by atoms with E-state index >= 15 is 0 Å². The molecule has 1 aromatic carbocycles. The van der Waals surface area contributed by atoms with Crippen LogP contribution in [0, 0.1) is 13.8 Å². The molecule has 3 aromatic rings. The van der Waals surface area contributed by atoms with Crippen molar-refractivity contribution in [2.24, 2.45) is 0 Å². The summed E-state index contributed by atoms with van der Waals surface area (Å²) in [6, 6.07) is 7.47. The number of anilines is 1. The number of hydrogen-bond donors (Lipinski definition) is 2. The van der Waals surface area contributed by atoms with E-state index in [9.17, 15) is 4.79 Å². The van der Waals surface area contributed by atoms with Crippen LogP contribution in [0.2, 0.25) is 0 Å². The maximum Gasteiger partial charge on any atom is 0.417 e. The zero-order valence-corrected chi connectivity index (χ0v) is 11.9. The highest BCUT2D eigenvalue weighted by molar-refractivity contribution is 7.99. The molecular weight excluding hydrogens is 274 g/mol. The predicted octanol–water partition coefficient (Wildman–Crippen LogP) is 2.87. The van der Waals surface area contributed by atoms with Crippen LogP contribution >= 0.6 is 11.8 Å². The van der Waals surface area contributed by atoms with Gasteiger partial charge in [0.25, 0.3) is 0 Å². The fraction of sp³-hybridized carbons (Fsp3) is 0.143. The van der Waals surface area contributed by atoms with Gasteiger partial charge in [-0.3, -0.25) is 4.98 Å². The number of aromatic nitrogens is 2. The Morgan fingerprint density at radius 3 is 2.80 bits per heavy atom. The SMILES string of the molecule is Cc1cc(C)nc(Sc2cc3[nH]c(=O)oc3cc2N)c1. The first kappa shape index (κ1) is 12.8. The number of benzene rings is 1. The summed E-state index contributed by atoms with van der Waals surface area (Å²) in [6.07, 6.45) is 0. The summed E-state index contributed by atoms with van der Waals surface area (Å²) >= 11 is 1.47. The zero-order valence-electron chi connectivity index (χ0n) is 11.1. The van der Waals surface area contributed by atoms with E-state index in [2.05, 4.69) is 9.97 Å². The molecule has 0 bridgehead atoms. The Bertz CT molecular complexity index is 831. The maximum atomic E-state index is 11.2. The minimum Gasteiger partial charge on any atom is -0.408 e. The van der Waals surface area contributed by atoms with Crippen molar-refractivity contribution in [2.75, 3.05) is 5.73 Å². The van der Waals surface area contributed by atoms with Gasteiger partial charge in [0.2, 0.25) is 0 Å². The van der Waals surface area contributed by atoms with Crippen LogP contribution < -0.4 is 11.5 Å². The molecule has 0 unspecified atom stereocenters. The quantitative estimate of drug-likeness (QED) is 0.708. The first-order valence-corrected chi connectivity index (χ1v) is 6.88. The summed E-state index contributed by atoms with van der Waals surface area (Å²) in [5.41, 5.74) is 9.77. The van der Waals surface area contributed by atoms with Gasteiger partial charge in [0.05, 0.1) is 5.52 Å². The third-order valence-electron chi connectivity index (χ3n) is 2.84. The second-order valence-corrected chi connectivity index (χ2v) is 5.69. The average molecular weight is 287 g/mol. The van der Waals surface area contributed by atoms with Crippen LogP contribution in [0.3, 0.4) is 0 Å². The summed E-state index contributed by atoms with van der Waals surface area (Å²) in [7, 11) is 0. The number of nitrogens with two attached hydrogens (primary N) is 1. The lowest BCUT2D eigenvalue weighted by Crippen LogP contribution is -1.93. The molecule has 6 heteroatoms. The van der Waals surface area contributed by atoms with Gasteiger partial charge in [-0.15, -0.1) is 0 Å². The lowest BCUT2D eigenvalue weighted by molar-refractivity contribution is 0.555. The molecule has 0 amide bonds. The number of fused-ring (bicyclic) bond motifs is 1. The molecule has 0 saturated heterocycles. The van der Waals surface area contributed by atoms with Crippen LogP contribution in [0.25, 0.3) is 11.1 Å². The third kappa shape index (κ3) is 2.42. The van der Waals surface area contributed by atoms with Gasteiger partial charge in [0.15, 0.2) is 5.58 Å². The third-order valence-corrected chi connectivity index (χ3v) is 3.83. The molecule has 3 rings (SSSR count). The monoisotopic (exact) mass is 287 g/mol. The molecule has 2 heterocycles. The Morgan fingerprint density at radius 1 is 1.25 bits per heavy atom. The second kappa shape index (κ2) is 4.72. The predicted molar refractivity (Wildman–Crippen MR) is 79.1 cm³/mol. The van der Waals surface area contributed by atoms with E-state index in [1.165, 1.54) is 11.8 Å². The van der Waals surface area contributed by atoms with Crippen molar-refractivity contribution in [3.63, 3.8) is 0 Å². The van der Waals surface area contributed by atoms with E-state index < -0.39 is 5.76 Å². The van der Waals surface area contributed by atoms with Crippen LogP contribution in [0.4, 0.5) is 5.69 Å². The van der Waals surface area contributed by atoms with Crippen molar-refractivity contribution < 1.29 is 4.42 Å². The smallest absolute Gasteiger partial charge is 0.408 e. The summed E-state index contributed by atoms with van der Waals surface area (Å²) in [4.78, 5) is 19.1. The Hall–Kier alpha value is -2.21. The van der Waals surface area contributed by atoms with Gasteiger partial charge in [0, 0.05) is 22.3 Å². The van der Waals surface area contributed by atoms with E-state index in [1.54, 1.807) is 12.1 Å². The Kier molecular flexibility index (Phi) is 3.02. The van der Waals surface area contributed by atoms with Gasteiger partial charge >= 0.3 is 5.76 Å². The van der Waals surface area contributed by atoms with Crippen LogP contribution in [0.5, 0.6) is 0 Å². The van der Waals surface area contributed by atoms with Gasteiger partial charge in [-0.1, -0.05) is 11.8 Å². The molecule has 3 N–H and O–H groups in total. The minimum absolute atomic E-state index is 0.463. The number of nitrogens with one attached hydrogen (secondary N) is 1. The van der Waals surface area contributed by atoms with Crippen LogP contribution in [-0.2, 0) is 0 Å². The first-order valence-electron chi connectivity index (χ1n) is 6.07. The topological polar surface area (TPSA) is 84.9 Å². The fourth-order valence-corrected chi connectivity index (χ4v) is 3.06. The van der Waals surface area contributed by atoms with Crippen LogP contribution in [0.1, 0.15) is 11.3 Å². The number of aromatic amines is 1. The number of rotatable bonds is 2. The van der Waals surface area contributed by atoms with Crippen molar-refractivity contribution >= 4 is 28.5 Å². The highest BCUT2D eigenvalue weighted by Crippen LogP contribution is 2.33. The molecule has 0 spiro atoms. The highest BCUT2D eigenvalue weighted by atomic mass is 32.2. The lowest BCUT2D eigenvalue weighted by Gasteiger charge is -2.06. The molecular formula is C14H13N3O2S. The van der Waals surface area contributed by atoms with Crippen molar-refractivity contribution in [1.29, 1.82) is 0 Å². The number of oxazole rings is 1. The molecule has 0 saturated carbocycles. The highest BCUT2D eigenvalue weighted by Gasteiger charge is 2.09. The molecule has 20 heavy (non-hydrogen) atoms. The fourth-order valence-electron chi connectivity index (χ4n) is 2.05. The minimum atomic E-state index is -0.480. The van der Waals surface area contributed by atoms with Crippen LogP contribution in [0.15, 0.2) is 43.4 Å². The van der Waals surface area contributed by atoms with E-state index in [4.69, 9.17) is 10.2 Å². The standard InChI is InChI=1S/C14H13N3O2S/c1-7-3-8(2)16-13(4-7)20-12-6-10-11(5-9(12)15)19-14(18)17-10/h3-6H,15H2,1-2H3,(H,17,18). The van der Waals surface area contributed by atoms with Gasteiger partial charge in [-0.25, -0.2) is 9.78 Å². The molecule has 0 aliphatic carbocycles. The largest absolute Gasteiger partial charge is 0.417 e. The van der Waals surface area contributed by atoms with E-state index in [-0.39, 0.29) is 0 Å². The van der Waals surface area contributed by atoms with Crippen LogP contribution in [-0.4, -0.2) is 9.97 Å². The summed E-state index contributed by atoms with van der Waals surface area (Å²) in [5, 5.41) is 0.874. The Balaban J connectivity index is 2.05. The number of nitrogen functional groups attached to an aromatic ring is 1. The zero-order chi connectivity index (χ0) is 14.3. The Morgan fingerprint density at radius 2 is 2.05 bits per heavy atom. The van der Waals surface area contributed by atoms with E-state index in [0.29, 0.717) is 16.8 Å². The average Bonchev–Trinajstić information content (AvgIpc) is 2.67. The molecule has 0 aliphatic heterocycles. The van der Waals surface area contributed by atoms with E-state index in [0.717, 1.165) is 21.2 Å². The number of aryl methyl sites for hydroxylation is 2. The van der Waals surface area contributed by atoms with Gasteiger partial charge in [0.1, 0.15) is 5.03 Å². The normalized spacial score (nSPS) is 11.1. The molecule has 0 atom stereocenters. The summed E-state index contributed by atoms with van der Waals surface area (Å²) < 4.78 is 4.98. The van der Waals surface area contributed by atoms with Gasteiger partial charge in [-0.2, -0.15) is 0 Å². The maximum absolute atomic E-state index is 11.2. The van der Waals surface area contributed by atoms with Crippen molar-refractivity contribution in [1.82, 2.24) is 9.97 Å². The first-order chi connectivity index (χ1) is 9.51. The Labute approximate surface area is 119 Å². The number of nitrogens with zero attached hydrogens (tertiary/aromatic N) is 1. The molecule has 0 fully saturated rings. The molecule has 102 valence electrons. The van der Waals surface area contributed by atoms with Gasteiger partial charge in [-0.05, 0) is 37.6 Å². The second-order valence-electron chi connectivity index (χ2n) is 4.63.